The van der Waals surface area contributed by atoms with Crippen molar-refractivity contribution in [3.05, 3.63) is 35.5 Å². The summed E-state index contributed by atoms with van der Waals surface area (Å²) < 4.78 is 0. The molecule has 1 aromatic carbocycles. The molecule has 1 aromatic heterocycles. The van der Waals surface area contributed by atoms with Crippen molar-refractivity contribution in [2.24, 2.45) is 10.8 Å². The van der Waals surface area contributed by atoms with Crippen molar-refractivity contribution in [1.82, 2.24) is 10.4 Å². The van der Waals surface area contributed by atoms with E-state index in [1.54, 1.807) is 0 Å². The molecule has 17 heavy (non-hydrogen) atoms. The van der Waals surface area contributed by atoms with Crippen molar-refractivity contribution in [2.75, 3.05) is 0 Å². The molecule has 4 N–H and O–H groups in total. The van der Waals surface area contributed by atoms with E-state index < -0.39 is 0 Å². The van der Waals surface area contributed by atoms with Gasteiger partial charge in [-0.1, -0.05) is 18.2 Å². The number of fused-ring (bicyclic) bond motifs is 1. The van der Waals surface area contributed by atoms with Crippen LogP contribution in [0.2, 0.25) is 0 Å². The second-order valence-corrected chi connectivity index (χ2v) is 4.28. The number of hydrazone groups is 1. The fourth-order valence-electron chi connectivity index (χ4n) is 1.94. The van der Waals surface area contributed by atoms with Crippen LogP contribution >= 0.6 is 12.2 Å². The molecule has 4 nitrogen and oxygen atoms in total. The first kappa shape index (κ1) is 11.6. The van der Waals surface area contributed by atoms with Gasteiger partial charge in [-0.15, -0.1) is 0 Å². The maximum atomic E-state index is 5.35. The van der Waals surface area contributed by atoms with E-state index in [1.807, 2.05) is 32.0 Å². The van der Waals surface area contributed by atoms with Gasteiger partial charge in [0.15, 0.2) is 5.11 Å². The number of H-pyrrole nitrogens is 1. The average Bonchev–Trinajstić information content (AvgIpc) is 2.61. The predicted molar refractivity (Wildman–Crippen MR) is 75.2 cm³/mol. The summed E-state index contributed by atoms with van der Waals surface area (Å²) in [7, 11) is 0. The Morgan fingerprint density at radius 3 is 2.82 bits per heavy atom. The standard InChI is InChI=1S/C12H14N4S/c1-7-11(8(2)15-16-12(13)17)9-5-3-4-6-10(9)14-7/h3-6,14H,1-2H3,(H3,13,16,17)/b15-8-. The van der Waals surface area contributed by atoms with Gasteiger partial charge in [0.25, 0.3) is 0 Å². The number of aryl methyl sites for hydroxylation is 1. The molecule has 0 aliphatic rings. The molecule has 0 radical (unpaired) electrons. The number of nitrogens with one attached hydrogen (secondary N) is 2. The molecule has 5 heteroatoms. The van der Waals surface area contributed by atoms with E-state index in [1.165, 1.54) is 0 Å². The third kappa shape index (κ3) is 2.29. The van der Waals surface area contributed by atoms with Crippen LogP contribution in [0.4, 0.5) is 0 Å². The summed E-state index contributed by atoms with van der Waals surface area (Å²) in [6.45, 7) is 3.95. The van der Waals surface area contributed by atoms with E-state index in [-0.39, 0.29) is 5.11 Å². The van der Waals surface area contributed by atoms with Crippen LogP contribution in [-0.2, 0) is 0 Å². The lowest BCUT2D eigenvalue weighted by Gasteiger charge is -2.02. The number of aromatic amines is 1. The van der Waals surface area contributed by atoms with Gasteiger partial charge in [-0.25, -0.2) is 0 Å². The highest BCUT2D eigenvalue weighted by Gasteiger charge is 2.10. The van der Waals surface area contributed by atoms with Crippen molar-refractivity contribution in [1.29, 1.82) is 0 Å². The molecule has 0 aliphatic carbocycles. The molecule has 0 spiro atoms. The van der Waals surface area contributed by atoms with Gasteiger partial charge in [-0.3, -0.25) is 5.43 Å². The average molecular weight is 246 g/mol. The molecular formula is C12H14N4S. The molecule has 0 saturated carbocycles. The second kappa shape index (κ2) is 4.55. The van der Waals surface area contributed by atoms with Crippen molar-refractivity contribution < 1.29 is 0 Å². The highest BCUT2D eigenvalue weighted by atomic mass is 32.1. The van der Waals surface area contributed by atoms with E-state index in [0.717, 1.165) is 27.9 Å². The van der Waals surface area contributed by atoms with Crippen molar-refractivity contribution in [2.45, 2.75) is 13.8 Å². The summed E-state index contributed by atoms with van der Waals surface area (Å²) in [6.07, 6.45) is 0. The second-order valence-electron chi connectivity index (χ2n) is 3.84. The third-order valence-corrected chi connectivity index (χ3v) is 2.68. The quantitative estimate of drug-likeness (QED) is 0.431. The number of hydrogen-bond donors (Lipinski definition) is 3. The smallest absolute Gasteiger partial charge is 0.184 e. The summed E-state index contributed by atoms with van der Waals surface area (Å²) in [5.74, 6) is 0. The molecule has 0 amide bonds. The van der Waals surface area contributed by atoms with Crippen molar-refractivity contribution >= 4 is 33.9 Å². The lowest BCUT2D eigenvalue weighted by Crippen LogP contribution is -2.25. The summed E-state index contributed by atoms with van der Waals surface area (Å²) in [6, 6.07) is 8.11. The third-order valence-electron chi connectivity index (χ3n) is 2.59. The SMILES string of the molecule is C/C(=N/NC(N)=S)c1c(C)[nH]c2ccccc12. The monoisotopic (exact) mass is 246 g/mol. The van der Waals surface area contributed by atoms with Crippen molar-refractivity contribution in [3.63, 3.8) is 0 Å². The molecule has 0 atom stereocenters. The minimum Gasteiger partial charge on any atom is -0.375 e. The predicted octanol–water partition coefficient (Wildman–Crippen LogP) is 2.03. The molecule has 0 bridgehead atoms. The number of hydrogen-bond acceptors (Lipinski definition) is 2. The maximum Gasteiger partial charge on any atom is 0.184 e. The van der Waals surface area contributed by atoms with Crippen LogP contribution in [0, 0.1) is 6.92 Å². The number of aromatic nitrogens is 1. The van der Waals surface area contributed by atoms with Gasteiger partial charge in [-0.2, -0.15) is 5.10 Å². The molecule has 2 rings (SSSR count). The summed E-state index contributed by atoms with van der Waals surface area (Å²) in [5, 5.41) is 5.47. The first-order chi connectivity index (χ1) is 8.09. The number of benzene rings is 1. The summed E-state index contributed by atoms with van der Waals surface area (Å²) in [5.41, 5.74) is 12.1. The zero-order valence-electron chi connectivity index (χ0n) is 9.74. The van der Waals surface area contributed by atoms with E-state index in [0.29, 0.717) is 0 Å². The van der Waals surface area contributed by atoms with Gasteiger partial charge in [-0.05, 0) is 32.1 Å². The molecule has 0 unspecified atom stereocenters. The molecular weight excluding hydrogens is 232 g/mol. The molecule has 0 aliphatic heterocycles. The minimum absolute atomic E-state index is 0.168. The zero-order chi connectivity index (χ0) is 12.4. The van der Waals surface area contributed by atoms with Gasteiger partial charge in [0, 0.05) is 22.2 Å². The Morgan fingerprint density at radius 1 is 1.41 bits per heavy atom. The summed E-state index contributed by atoms with van der Waals surface area (Å²) in [4.78, 5) is 3.32. The first-order valence-electron chi connectivity index (χ1n) is 5.27. The Bertz CT molecular complexity index is 598. The van der Waals surface area contributed by atoms with Gasteiger partial charge in [0.05, 0.1) is 5.71 Å². The molecule has 0 saturated heterocycles. The van der Waals surface area contributed by atoms with Crippen LogP contribution in [0.25, 0.3) is 10.9 Å². The molecule has 1 heterocycles. The highest BCUT2D eigenvalue weighted by Crippen LogP contribution is 2.22. The van der Waals surface area contributed by atoms with Crippen LogP contribution in [0.3, 0.4) is 0 Å². The zero-order valence-corrected chi connectivity index (χ0v) is 10.6. The van der Waals surface area contributed by atoms with E-state index in [2.05, 4.69) is 21.6 Å². The summed E-state index contributed by atoms with van der Waals surface area (Å²) >= 11 is 4.72. The molecule has 0 fully saturated rings. The highest BCUT2D eigenvalue weighted by molar-refractivity contribution is 7.80. The number of para-hydroxylation sites is 1. The Labute approximate surface area is 105 Å². The lowest BCUT2D eigenvalue weighted by molar-refractivity contribution is 1.03. The van der Waals surface area contributed by atoms with Gasteiger partial charge in [0.1, 0.15) is 0 Å². The van der Waals surface area contributed by atoms with Crippen LogP contribution in [-0.4, -0.2) is 15.8 Å². The fraction of sp³-hybridized carbons (Fsp3) is 0.167. The van der Waals surface area contributed by atoms with Gasteiger partial charge >= 0.3 is 0 Å². The van der Waals surface area contributed by atoms with Crippen LogP contribution in [0.15, 0.2) is 29.4 Å². The Hall–Kier alpha value is -1.88. The number of nitrogens with zero attached hydrogens (tertiary/aromatic N) is 1. The normalized spacial score (nSPS) is 11.8. The Balaban J connectivity index is 2.51. The van der Waals surface area contributed by atoms with Gasteiger partial charge in [0.2, 0.25) is 0 Å². The van der Waals surface area contributed by atoms with E-state index >= 15 is 0 Å². The molecule has 2 aromatic rings. The van der Waals surface area contributed by atoms with E-state index in [9.17, 15) is 0 Å². The van der Waals surface area contributed by atoms with Crippen LogP contribution in [0.1, 0.15) is 18.2 Å². The van der Waals surface area contributed by atoms with Crippen LogP contribution < -0.4 is 11.2 Å². The number of rotatable bonds is 2. The molecule has 88 valence electrons. The number of nitrogens with two attached hydrogens (primary N) is 1. The Morgan fingerprint density at radius 2 is 2.12 bits per heavy atom. The van der Waals surface area contributed by atoms with E-state index in [4.69, 9.17) is 18.0 Å². The lowest BCUT2D eigenvalue weighted by atomic mass is 10.1. The van der Waals surface area contributed by atoms with Crippen molar-refractivity contribution in [3.8, 4) is 0 Å². The first-order valence-corrected chi connectivity index (χ1v) is 5.68. The van der Waals surface area contributed by atoms with Crippen LogP contribution in [0.5, 0.6) is 0 Å². The maximum absolute atomic E-state index is 5.35. The number of thiocarbonyl (C=S) groups is 1. The van der Waals surface area contributed by atoms with Gasteiger partial charge < -0.3 is 10.7 Å². The topological polar surface area (TPSA) is 66.2 Å². The fourth-order valence-corrected chi connectivity index (χ4v) is 1.98. The largest absolute Gasteiger partial charge is 0.375 e. The minimum atomic E-state index is 0.168. The Kier molecular flexibility index (Phi) is 3.10.